The van der Waals surface area contributed by atoms with E-state index >= 15 is 0 Å². The summed E-state index contributed by atoms with van der Waals surface area (Å²) in [5, 5.41) is 11.4. The Labute approximate surface area is 242 Å². The molecule has 0 unspecified atom stereocenters. The number of amides is 2. The van der Waals surface area contributed by atoms with Gasteiger partial charge in [-0.3, -0.25) is 24.5 Å². The Morgan fingerprint density at radius 1 is 1.02 bits per heavy atom. The number of rotatable bonds is 7. The van der Waals surface area contributed by atoms with Crippen molar-refractivity contribution in [1.29, 1.82) is 0 Å². The van der Waals surface area contributed by atoms with Crippen molar-refractivity contribution in [2.75, 3.05) is 12.0 Å². The molecule has 0 spiro atoms. The number of non-ortho nitro benzene ring substituents is 1. The van der Waals surface area contributed by atoms with Crippen LogP contribution in [-0.2, 0) is 16.2 Å². The minimum Gasteiger partial charge on any atom is -0.497 e. The number of thioether (sulfide) groups is 1. The summed E-state index contributed by atoms with van der Waals surface area (Å²) in [4.78, 5) is 55.7. The number of aryl methyl sites for hydroxylation is 1. The first-order valence-electron chi connectivity index (χ1n) is 12.6. The Bertz CT molecular complexity index is 1750. The van der Waals surface area contributed by atoms with Crippen molar-refractivity contribution in [3.8, 4) is 11.5 Å². The van der Waals surface area contributed by atoms with Crippen molar-refractivity contribution < 1.29 is 24.0 Å². The number of aromatic nitrogens is 1. The van der Waals surface area contributed by atoms with E-state index < -0.39 is 33.8 Å². The number of imide groups is 1. The van der Waals surface area contributed by atoms with E-state index in [1.165, 1.54) is 25.3 Å². The number of nitro benzene ring substituents is 1. The largest absolute Gasteiger partial charge is 0.497 e. The molecule has 3 atom stereocenters. The van der Waals surface area contributed by atoms with Crippen molar-refractivity contribution in [1.82, 2.24) is 4.98 Å². The van der Waals surface area contributed by atoms with E-state index in [2.05, 4.69) is 4.98 Å². The number of methoxy groups -OCH3 is 1. The van der Waals surface area contributed by atoms with E-state index in [1.54, 1.807) is 24.3 Å². The molecule has 0 aliphatic carbocycles. The molecule has 2 aliphatic rings. The molecule has 3 aromatic carbocycles. The molecule has 12 heteroatoms. The number of thiazole rings is 1. The number of anilines is 1. The van der Waals surface area contributed by atoms with Gasteiger partial charge < -0.3 is 14.5 Å². The average Bonchev–Trinajstić information content (AvgIpc) is 3.46. The minimum atomic E-state index is -0.920. The highest BCUT2D eigenvalue weighted by Gasteiger charge is 2.57. The number of fused-ring (bicyclic) bond motifs is 2. The molecule has 6 rings (SSSR count). The van der Waals surface area contributed by atoms with E-state index in [0.717, 1.165) is 39.1 Å². The number of H-pyrrole nitrogens is 1. The maximum Gasteiger partial charge on any atom is 0.305 e. The lowest BCUT2D eigenvalue weighted by Crippen LogP contribution is -2.32. The number of nitro groups is 1. The number of carbonyl (C=O) groups excluding carboxylic acids is 2. The summed E-state index contributed by atoms with van der Waals surface area (Å²) < 4.78 is 11.4. The highest BCUT2D eigenvalue weighted by molar-refractivity contribution is 8.00. The molecule has 2 aliphatic heterocycles. The number of carbonyl (C=O) groups is 2. The summed E-state index contributed by atoms with van der Waals surface area (Å²) >= 11 is 2.07. The van der Waals surface area contributed by atoms with E-state index in [9.17, 15) is 24.5 Å². The summed E-state index contributed by atoms with van der Waals surface area (Å²) in [7, 11) is 1.52. The van der Waals surface area contributed by atoms with Gasteiger partial charge in [0.2, 0.25) is 11.8 Å². The Hall–Kier alpha value is -4.42. The molecule has 3 heterocycles. The number of ether oxygens (including phenoxy) is 2. The van der Waals surface area contributed by atoms with Crippen molar-refractivity contribution in [3.63, 3.8) is 0 Å². The molecule has 208 valence electrons. The Morgan fingerprint density at radius 2 is 1.80 bits per heavy atom. The Kier molecular flexibility index (Phi) is 6.88. The van der Waals surface area contributed by atoms with Gasteiger partial charge in [-0.25, -0.2) is 4.90 Å². The average molecular weight is 590 g/mol. The number of aromatic amines is 1. The van der Waals surface area contributed by atoms with Gasteiger partial charge in [-0.05, 0) is 42.8 Å². The second kappa shape index (κ2) is 10.5. The quantitative estimate of drug-likeness (QED) is 0.180. The van der Waals surface area contributed by atoms with Crippen LogP contribution in [0.4, 0.5) is 11.4 Å². The van der Waals surface area contributed by atoms with Crippen LogP contribution in [0.2, 0.25) is 0 Å². The van der Waals surface area contributed by atoms with Gasteiger partial charge in [0.15, 0.2) is 0 Å². The Balaban J connectivity index is 1.47. The lowest BCUT2D eigenvalue weighted by atomic mass is 9.82. The molecule has 0 bridgehead atoms. The first-order valence-corrected chi connectivity index (χ1v) is 14.3. The fraction of sp³-hybridized carbons (Fsp3) is 0.207. The number of nitrogens with zero attached hydrogens (tertiary/aromatic N) is 2. The van der Waals surface area contributed by atoms with Crippen molar-refractivity contribution in [2.45, 2.75) is 29.7 Å². The van der Waals surface area contributed by atoms with E-state index in [1.807, 2.05) is 31.2 Å². The molecule has 1 saturated heterocycles. The molecule has 41 heavy (non-hydrogen) atoms. The second-order valence-corrected chi connectivity index (χ2v) is 11.9. The lowest BCUT2D eigenvalue weighted by molar-refractivity contribution is -0.385. The van der Waals surface area contributed by atoms with Crippen LogP contribution >= 0.6 is 23.1 Å². The van der Waals surface area contributed by atoms with Gasteiger partial charge in [0.1, 0.15) is 23.4 Å². The molecule has 1 aromatic heterocycles. The van der Waals surface area contributed by atoms with E-state index in [-0.39, 0.29) is 17.2 Å². The van der Waals surface area contributed by atoms with Crippen LogP contribution in [0.3, 0.4) is 0 Å². The number of nitrogens with one attached hydrogen (secondary N) is 1. The maximum absolute atomic E-state index is 14.1. The van der Waals surface area contributed by atoms with Crippen LogP contribution in [0.25, 0.3) is 0 Å². The number of hydrogen-bond acceptors (Lipinski definition) is 9. The fourth-order valence-corrected chi connectivity index (χ4v) is 7.83. The second-order valence-electron chi connectivity index (χ2n) is 9.72. The highest BCUT2D eigenvalue weighted by atomic mass is 32.2. The predicted octanol–water partition coefficient (Wildman–Crippen LogP) is 5.04. The fourth-order valence-electron chi connectivity index (χ4n) is 5.32. The van der Waals surface area contributed by atoms with Crippen LogP contribution < -0.4 is 19.2 Å². The van der Waals surface area contributed by atoms with E-state index in [0.29, 0.717) is 32.7 Å². The third-order valence-electron chi connectivity index (χ3n) is 7.17. The normalized spacial score (nSPS) is 19.6. The maximum atomic E-state index is 14.1. The zero-order valence-electron chi connectivity index (χ0n) is 21.9. The van der Waals surface area contributed by atoms with Gasteiger partial charge in [0.05, 0.1) is 28.7 Å². The van der Waals surface area contributed by atoms with Gasteiger partial charge in [-0.15, -0.1) is 0 Å². The van der Waals surface area contributed by atoms with Gasteiger partial charge in [-0.1, -0.05) is 52.9 Å². The summed E-state index contributed by atoms with van der Waals surface area (Å²) in [5.74, 6) is -1.72. The van der Waals surface area contributed by atoms with Crippen LogP contribution in [0.15, 0.2) is 76.6 Å². The smallest absolute Gasteiger partial charge is 0.305 e. The monoisotopic (exact) mass is 589 g/mol. The number of hydrogen-bond donors (Lipinski definition) is 1. The molecular weight excluding hydrogens is 566 g/mol. The first kappa shape index (κ1) is 26.8. The molecule has 1 fully saturated rings. The number of benzene rings is 3. The van der Waals surface area contributed by atoms with Gasteiger partial charge >= 0.3 is 4.87 Å². The van der Waals surface area contributed by atoms with Crippen LogP contribution in [-0.4, -0.2) is 34.1 Å². The summed E-state index contributed by atoms with van der Waals surface area (Å²) in [5.41, 5.74) is 2.53. The van der Waals surface area contributed by atoms with Crippen LogP contribution in [0, 0.1) is 23.0 Å². The minimum absolute atomic E-state index is 0.184. The summed E-state index contributed by atoms with van der Waals surface area (Å²) in [6.45, 7) is 2.15. The predicted molar refractivity (Wildman–Crippen MR) is 154 cm³/mol. The zero-order chi connectivity index (χ0) is 28.8. The highest BCUT2D eigenvalue weighted by Crippen LogP contribution is 2.55. The molecular formula is C29H23N3O7S2. The first-order chi connectivity index (χ1) is 19.7. The Morgan fingerprint density at radius 3 is 2.51 bits per heavy atom. The van der Waals surface area contributed by atoms with Crippen LogP contribution in [0.1, 0.15) is 27.5 Å². The van der Waals surface area contributed by atoms with Crippen molar-refractivity contribution >= 4 is 46.3 Å². The van der Waals surface area contributed by atoms with Gasteiger partial charge in [0, 0.05) is 28.5 Å². The molecule has 10 nitrogen and oxygen atoms in total. The third-order valence-corrected chi connectivity index (χ3v) is 9.57. The molecule has 4 aromatic rings. The lowest BCUT2D eigenvalue weighted by Gasteiger charge is -2.30. The summed E-state index contributed by atoms with van der Waals surface area (Å²) in [6.07, 6.45) is 0. The van der Waals surface area contributed by atoms with Crippen molar-refractivity contribution in [3.05, 3.63) is 108 Å². The zero-order valence-corrected chi connectivity index (χ0v) is 23.5. The standard InChI is InChI=1S/C29H23N3O7S2/c1-15-4-3-5-16(12-15)14-39-21-11-8-18(32(36)37)13-20(21)22-23-25(40-26-24(22)41-29(35)30-26)28(34)31(27(23)33)17-6-9-19(38-2)10-7-17/h3-13,22-23,25H,14H2,1-2H3,(H,30,35)/t22-,23-,25+/m0/s1. The topological polar surface area (TPSA) is 132 Å². The van der Waals surface area contributed by atoms with Crippen LogP contribution in [0.5, 0.6) is 11.5 Å². The van der Waals surface area contributed by atoms with E-state index in [4.69, 9.17) is 9.47 Å². The SMILES string of the molecule is COc1ccc(N2C(=O)[C@H]3[C@H](c4cc([N+](=O)[O-])ccc4OCc4cccc(C)c4)c4sc(=O)[nH]c4S[C@H]3C2=O)cc1. The van der Waals surface area contributed by atoms with Gasteiger partial charge in [-0.2, -0.15) is 0 Å². The third kappa shape index (κ3) is 4.78. The molecule has 1 N–H and O–H groups in total. The van der Waals surface area contributed by atoms with Gasteiger partial charge in [0.25, 0.3) is 5.69 Å². The molecule has 0 saturated carbocycles. The summed E-state index contributed by atoms with van der Waals surface area (Å²) in [6, 6.07) is 18.6. The van der Waals surface area contributed by atoms with Crippen molar-refractivity contribution in [2.24, 2.45) is 5.92 Å². The molecule has 2 amide bonds. The molecule has 0 radical (unpaired) electrons.